The Labute approximate surface area is 224 Å². The predicted octanol–water partition coefficient (Wildman–Crippen LogP) is 3.37. The molecule has 2 aliphatic heterocycles. The summed E-state index contributed by atoms with van der Waals surface area (Å²) in [5.41, 5.74) is 3.71. The largest absolute Gasteiger partial charge is 0.490 e. The molecule has 3 N–H and O–H groups in total. The number of aliphatic hydroxyl groups is 1. The Morgan fingerprint density at radius 3 is 2.52 bits per heavy atom. The van der Waals surface area contributed by atoms with Crippen LogP contribution < -0.4 is 10.9 Å². The summed E-state index contributed by atoms with van der Waals surface area (Å²) in [6.45, 7) is 3.65. The molecule has 9 nitrogen and oxygen atoms in total. The van der Waals surface area contributed by atoms with Crippen LogP contribution in [0, 0.1) is 12.7 Å². The molecule has 0 spiro atoms. The van der Waals surface area contributed by atoms with E-state index in [4.69, 9.17) is 19.6 Å². The number of pyridine rings is 2. The minimum absolute atomic E-state index is 0.0544. The molecule has 13 heteroatoms. The molecule has 1 aromatic carbocycles. The minimum Gasteiger partial charge on any atom is -0.475 e. The van der Waals surface area contributed by atoms with Gasteiger partial charge in [0.05, 0.1) is 29.0 Å². The standard InChI is InChI=1S/C25H24FN3O4.C2HF3O2/c1-4-25(32)15-7-19-22-13(9-29(19)23(30)14(15)10-33-24(25)31)21-17(27-3)6-5-12-11(2)16(26)8-18(28-22)20(12)21;3-2(4,5)1(6)7/h7-8,17,27,32H,4-6,9-10H2,1-3H3;(H,6,7)/t17-,25-;/m0./s1. The van der Waals surface area contributed by atoms with Crippen LogP contribution in [0.5, 0.6) is 0 Å². The molecule has 6 rings (SSSR count). The number of nitrogens with one attached hydrogen (secondary N) is 1. The zero-order valence-electron chi connectivity index (χ0n) is 21.7. The van der Waals surface area contributed by atoms with E-state index in [1.807, 2.05) is 7.05 Å². The van der Waals surface area contributed by atoms with Crippen LogP contribution in [0.25, 0.3) is 22.3 Å². The lowest BCUT2D eigenvalue weighted by atomic mass is 9.81. The van der Waals surface area contributed by atoms with E-state index in [-0.39, 0.29) is 36.0 Å². The summed E-state index contributed by atoms with van der Waals surface area (Å²) in [5.74, 6) is -3.80. The summed E-state index contributed by atoms with van der Waals surface area (Å²) in [6.07, 6.45) is -3.43. The van der Waals surface area contributed by atoms with Gasteiger partial charge in [-0.2, -0.15) is 13.2 Å². The van der Waals surface area contributed by atoms with Gasteiger partial charge in [-0.25, -0.2) is 19.0 Å². The van der Waals surface area contributed by atoms with Crippen LogP contribution >= 0.6 is 0 Å². The quantitative estimate of drug-likeness (QED) is 0.250. The number of alkyl halides is 3. The van der Waals surface area contributed by atoms with Gasteiger partial charge in [0.15, 0.2) is 5.60 Å². The van der Waals surface area contributed by atoms with E-state index >= 15 is 0 Å². The van der Waals surface area contributed by atoms with E-state index in [0.29, 0.717) is 34.6 Å². The summed E-state index contributed by atoms with van der Waals surface area (Å²) in [7, 11) is 1.90. The second kappa shape index (κ2) is 9.37. The van der Waals surface area contributed by atoms with Crippen molar-refractivity contribution < 1.29 is 42.1 Å². The SMILES string of the molecule is CC[C@@]1(O)C(=O)OCc2c1cc1n(c2=O)Cc2c-1nc1cc(F)c(C)c3c1c2[C@@H](NC)CC3.O=C(O)C(F)(F)F. The van der Waals surface area contributed by atoms with E-state index in [0.717, 1.165) is 34.9 Å². The summed E-state index contributed by atoms with van der Waals surface area (Å²) in [4.78, 5) is 39.6. The molecular formula is C27H25F4N3O6. The number of carboxylic acid groups (broad SMARTS) is 1. The Hall–Kier alpha value is -3.84. The maximum atomic E-state index is 14.8. The molecule has 0 saturated carbocycles. The minimum atomic E-state index is -5.08. The highest BCUT2D eigenvalue weighted by Gasteiger charge is 2.46. The number of hydrogen-bond donors (Lipinski definition) is 3. The van der Waals surface area contributed by atoms with Gasteiger partial charge in [0, 0.05) is 28.6 Å². The number of aromatic nitrogens is 2. The first kappa shape index (κ1) is 27.7. The van der Waals surface area contributed by atoms with Crippen molar-refractivity contribution in [3.63, 3.8) is 0 Å². The third-order valence-corrected chi connectivity index (χ3v) is 7.97. The van der Waals surface area contributed by atoms with Gasteiger partial charge < -0.3 is 24.8 Å². The van der Waals surface area contributed by atoms with Crippen molar-refractivity contribution >= 4 is 22.8 Å². The van der Waals surface area contributed by atoms with Gasteiger partial charge in [-0.1, -0.05) is 6.92 Å². The fourth-order valence-electron chi connectivity index (χ4n) is 5.84. The Bertz CT molecular complexity index is 1670. The zero-order valence-corrected chi connectivity index (χ0v) is 21.7. The number of carbonyl (C=O) groups is 2. The number of carbonyl (C=O) groups excluding carboxylic acids is 1. The number of cyclic esters (lactones) is 1. The Balaban J connectivity index is 0.000000411. The fourth-order valence-corrected chi connectivity index (χ4v) is 5.84. The number of benzene rings is 1. The van der Waals surface area contributed by atoms with E-state index in [2.05, 4.69) is 5.32 Å². The van der Waals surface area contributed by atoms with E-state index in [1.54, 1.807) is 24.5 Å². The molecule has 0 fully saturated rings. The molecule has 3 aliphatic rings. The van der Waals surface area contributed by atoms with Crippen LogP contribution in [0.1, 0.15) is 59.2 Å². The van der Waals surface area contributed by atoms with Gasteiger partial charge in [-0.15, -0.1) is 0 Å². The molecule has 0 amide bonds. The number of halogens is 4. The van der Waals surface area contributed by atoms with Crippen molar-refractivity contribution in [3.05, 3.63) is 61.7 Å². The number of esters is 1. The highest BCUT2D eigenvalue weighted by Crippen LogP contribution is 2.45. The number of nitrogens with zero attached hydrogens (tertiary/aromatic N) is 2. The number of hydrogen-bond acceptors (Lipinski definition) is 7. The van der Waals surface area contributed by atoms with Crippen LogP contribution in [0.4, 0.5) is 17.6 Å². The average Bonchev–Trinajstić information content (AvgIpc) is 3.28. The predicted molar refractivity (Wildman–Crippen MR) is 133 cm³/mol. The molecule has 4 heterocycles. The van der Waals surface area contributed by atoms with Crippen LogP contribution in [-0.2, 0) is 39.5 Å². The monoisotopic (exact) mass is 563 g/mol. The van der Waals surface area contributed by atoms with Crippen LogP contribution in [0.2, 0.25) is 0 Å². The van der Waals surface area contributed by atoms with Crippen molar-refractivity contribution in [2.75, 3.05) is 7.05 Å². The van der Waals surface area contributed by atoms with Gasteiger partial charge >= 0.3 is 18.1 Å². The number of aliphatic carboxylic acids is 1. The normalized spacial score (nSPS) is 20.7. The lowest BCUT2D eigenvalue weighted by Crippen LogP contribution is -2.44. The second-order valence-electron chi connectivity index (χ2n) is 9.99. The van der Waals surface area contributed by atoms with Gasteiger partial charge in [0.1, 0.15) is 12.4 Å². The number of rotatable bonds is 2. The lowest BCUT2D eigenvalue weighted by Gasteiger charge is -2.31. The van der Waals surface area contributed by atoms with Crippen molar-refractivity contribution in [3.8, 4) is 11.4 Å². The third-order valence-electron chi connectivity index (χ3n) is 7.97. The topological polar surface area (TPSA) is 131 Å². The summed E-state index contributed by atoms with van der Waals surface area (Å²) < 4.78 is 53.3. The molecule has 0 saturated heterocycles. The van der Waals surface area contributed by atoms with Crippen LogP contribution in [0.15, 0.2) is 16.9 Å². The summed E-state index contributed by atoms with van der Waals surface area (Å²) >= 11 is 0. The molecule has 2 atom stereocenters. The maximum Gasteiger partial charge on any atom is 0.490 e. The molecule has 0 bridgehead atoms. The first-order chi connectivity index (χ1) is 18.7. The number of ether oxygens (including phenoxy) is 1. The highest BCUT2D eigenvalue weighted by atomic mass is 19.4. The Morgan fingerprint density at radius 1 is 1.25 bits per heavy atom. The van der Waals surface area contributed by atoms with Crippen LogP contribution in [-0.4, -0.2) is 44.9 Å². The Kier molecular flexibility index (Phi) is 6.49. The third kappa shape index (κ3) is 3.98. The summed E-state index contributed by atoms with van der Waals surface area (Å²) in [5, 5.41) is 22.5. The number of aryl methyl sites for hydroxylation is 1. The van der Waals surface area contributed by atoms with E-state index in [9.17, 15) is 32.3 Å². The first-order valence-corrected chi connectivity index (χ1v) is 12.5. The molecule has 40 heavy (non-hydrogen) atoms. The smallest absolute Gasteiger partial charge is 0.475 e. The molecule has 2 aromatic heterocycles. The van der Waals surface area contributed by atoms with Gasteiger partial charge in [-0.3, -0.25) is 4.79 Å². The molecule has 1 aliphatic carbocycles. The lowest BCUT2D eigenvalue weighted by molar-refractivity contribution is -0.192. The zero-order chi connectivity index (χ0) is 29.3. The molecule has 0 radical (unpaired) electrons. The summed E-state index contributed by atoms with van der Waals surface area (Å²) in [6, 6.07) is 3.22. The van der Waals surface area contributed by atoms with Crippen molar-refractivity contribution in [1.82, 2.24) is 14.9 Å². The molecule has 0 unspecified atom stereocenters. The van der Waals surface area contributed by atoms with Gasteiger partial charge in [0.2, 0.25) is 0 Å². The van der Waals surface area contributed by atoms with Gasteiger partial charge in [0.25, 0.3) is 5.56 Å². The van der Waals surface area contributed by atoms with E-state index < -0.39 is 23.7 Å². The van der Waals surface area contributed by atoms with Crippen molar-refractivity contribution in [2.45, 2.75) is 64.1 Å². The van der Waals surface area contributed by atoms with E-state index in [1.165, 1.54) is 6.07 Å². The van der Waals surface area contributed by atoms with Crippen molar-refractivity contribution in [1.29, 1.82) is 0 Å². The van der Waals surface area contributed by atoms with Crippen LogP contribution in [0.3, 0.4) is 0 Å². The number of carboxylic acids is 1. The fraction of sp³-hybridized carbons (Fsp3) is 0.407. The second-order valence-corrected chi connectivity index (χ2v) is 9.99. The maximum absolute atomic E-state index is 14.8. The molecule has 3 aromatic rings. The Morgan fingerprint density at radius 2 is 1.93 bits per heavy atom. The molecular weight excluding hydrogens is 538 g/mol. The molecule has 212 valence electrons. The highest BCUT2D eigenvalue weighted by molar-refractivity contribution is 5.93. The first-order valence-electron chi connectivity index (χ1n) is 12.5. The number of fused-ring (bicyclic) bond motifs is 5. The van der Waals surface area contributed by atoms with Gasteiger partial charge in [-0.05, 0) is 56.0 Å². The van der Waals surface area contributed by atoms with Crippen molar-refractivity contribution in [2.24, 2.45) is 0 Å². The average molecular weight is 564 g/mol.